The van der Waals surface area contributed by atoms with Crippen LogP contribution in [0.3, 0.4) is 0 Å². The normalized spacial score (nSPS) is 13.5. The Labute approximate surface area is 433 Å². The van der Waals surface area contributed by atoms with Crippen LogP contribution in [0, 0.1) is 0 Å². The van der Waals surface area contributed by atoms with E-state index in [1.165, 1.54) is 23.9 Å². The number of esters is 4. The Balaban J connectivity index is 1.48. The third-order valence-corrected chi connectivity index (χ3v) is 15.3. The molecule has 0 bridgehead atoms. The molecule has 4 amide bonds. The number of carbonyl (C=O) groups excluding carboxylic acids is 8. The van der Waals surface area contributed by atoms with Crippen LogP contribution in [0.5, 0.6) is 11.5 Å². The Morgan fingerprint density at radius 1 is 0.542 bits per heavy atom. The van der Waals surface area contributed by atoms with E-state index in [-0.39, 0.29) is 109 Å². The zero-order chi connectivity index (χ0) is 51.9. The third kappa shape index (κ3) is 13.9. The van der Waals surface area contributed by atoms with Crippen molar-refractivity contribution in [3.8, 4) is 11.5 Å². The molecule has 3 heterocycles. The number of nitrogens with one attached hydrogen (secondary N) is 2. The maximum absolute atomic E-state index is 14.7. The minimum absolute atomic E-state index is 0.00503. The highest BCUT2D eigenvalue weighted by Gasteiger charge is 2.47. The first-order chi connectivity index (χ1) is 34.6. The molecule has 0 atom stereocenters. The number of benzene rings is 3. The first kappa shape index (κ1) is 54.7. The molecule has 380 valence electrons. The summed E-state index contributed by atoms with van der Waals surface area (Å²) in [7, 11) is 0. The molecular formula is C50H52N4O14S4. The molecule has 1 fully saturated rings. The van der Waals surface area contributed by atoms with E-state index in [9.17, 15) is 38.4 Å². The molecule has 2 N–H and O–H groups in total. The van der Waals surface area contributed by atoms with Crippen molar-refractivity contribution < 1.29 is 66.8 Å². The summed E-state index contributed by atoms with van der Waals surface area (Å²) in [5.41, 5.74) is 1.16. The van der Waals surface area contributed by atoms with Crippen LogP contribution in [-0.2, 0) is 60.8 Å². The van der Waals surface area contributed by atoms with Gasteiger partial charge in [-0.15, -0.1) is 0 Å². The predicted molar refractivity (Wildman–Crippen MR) is 269 cm³/mol. The van der Waals surface area contributed by atoms with Gasteiger partial charge < -0.3 is 39.1 Å². The Morgan fingerprint density at radius 3 is 1.29 bits per heavy atom. The number of ether oxygens (including phenoxy) is 6. The standard InChI is InChI=1S/C50H52N4O14S4/c1-7-9-23-63-45(59)34(46(60)64-24-10-8-2)48-71-39-35(67-49(61)51-21-25-65-43(57)29(3)4)37-38(36(40(39)72-48)68-50(62)52-22-26-66-44(58)30(5)6)70-47(69-37)33-41(55)53(27-31-17-13-11-14-18-31)54(42(33)56)28-32-19-15-12-16-20-32/h11-20H,3,5,7-10,21-28H2,1-2,4,6H3,(H,51,61)(H,52,62). The number of fused-ring (bicyclic) bond motifs is 2. The molecule has 6 rings (SSSR count). The largest absolute Gasteiger partial charge is 0.462 e. The van der Waals surface area contributed by atoms with Crippen molar-refractivity contribution in [3.63, 3.8) is 0 Å². The van der Waals surface area contributed by atoms with Crippen LogP contribution >= 0.6 is 47.0 Å². The summed E-state index contributed by atoms with van der Waals surface area (Å²) in [6, 6.07) is 18.3. The van der Waals surface area contributed by atoms with Crippen molar-refractivity contribution in [1.82, 2.24) is 20.7 Å². The lowest BCUT2D eigenvalue weighted by Gasteiger charge is -2.27. The molecule has 0 spiro atoms. The molecule has 3 aromatic carbocycles. The average molecular weight is 1060 g/mol. The fraction of sp³-hybridized carbons (Fsp3) is 0.320. The summed E-state index contributed by atoms with van der Waals surface area (Å²) < 4.78 is 33.6. The Morgan fingerprint density at radius 2 is 0.917 bits per heavy atom. The van der Waals surface area contributed by atoms with Gasteiger partial charge in [-0.1, -0.05) is 148 Å². The number of hydrazine groups is 1. The lowest BCUT2D eigenvalue weighted by atomic mass is 10.2. The fourth-order valence-electron chi connectivity index (χ4n) is 6.47. The van der Waals surface area contributed by atoms with Gasteiger partial charge >= 0.3 is 36.1 Å². The second-order valence-corrected chi connectivity index (χ2v) is 20.4. The molecule has 22 heteroatoms. The van der Waals surface area contributed by atoms with Crippen LogP contribution in [0.1, 0.15) is 64.5 Å². The van der Waals surface area contributed by atoms with E-state index in [4.69, 9.17) is 28.4 Å². The summed E-state index contributed by atoms with van der Waals surface area (Å²) in [5.74, 6) is -4.81. The van der Waals surface area contributed by atoms with Crippen molar-refractivity contribution in [2.45, 2.75) is 86.0 Å². The third-order valence-electron chi connectivity index (χ3n) is 10.1. The maximum atomic E-state index is 14.7. The molecular weight excluding hydrogens is 1010 g/mol. The van der Waals surface area contributed by atoms with Gasteiger partial charge in [0, 0.05) is 11.1 Å². The molecule has 18 nitrogen and oxygen atoms in total. The smallest absolute Gasteiger partial charge is 0.412 e. The van der Waals surface area contributed by atoms with Crippen LogP contribution < -0.4 is 20.1 Å². The van der Waals surface area contributed by atoms with Crippen molar-refractivity contribution in [1.29, 1.82) is 0 Å². The molecule has 3 aromatic rings. The van der Waals surface area contributed by atoms with Crippen molar-refractivity contribution in [3.05, 3.63) is 116 Å². The van der Waals surface area contributed by atoms with Crippen molar-refractivity contribution in [2.75, 3.05) is 39.5 Å². The zero-order valence-corrected chi connectivity index (χ0v) is 43.2. The molecule has 1 saturated heterocycles. The summed E-state index contributed by atoms with van der Waals surface area (Å²) in [6.07, 6.45) is 0.364. The van der Waals surface area contributed by atoms with Crippen molar-refractivity contribution >= 4 is 94.9 Å². The molecule has 3 aliphatic heterocycles. The van der Waals surface area contributed by atoms with Crippen LogP contribution in [0.2, 0.25) is 0 Å². The highest BCUT2D eigenvalue weighted by atomic mass is 32.2. The molecule has 3 aliphatic rings. The number of carbonyl (C=O) groups is 8. The number of hydrogen-bond donors (Lipinski definition) is 2. The first-order valence-electron chi connectivity index (χ1n) is 22.7. The van der Waals surface area contributed by atoms with Gasteiger partial charge in [-0.3, -0.25) is 9.59 Å². The van der Waals surface area contributed by atoms with Gasteiger partial charge in [-0.2, -0.15) is 0 Å². The maximum Gasteiger partial charge on any atom is 0.412 e. The summed E-state index contributed by atoms with van der Waals surface area (Å²) >= 11 is 3.51. The second-order valence-electron chi connectivity index (χ2n) is 15.8. The Hall–Kier alpha value is -6.62. The monoisotopic (exact) mass is 1060 g/mol. The van der Waals surface area contributed by atoms with Gasteiger partial charge in [0.1, 0.15) is 18.8 Å². The topological polar surface area (TPSA) is 222 Å². The average Bonchev–Trinajstić information content (AvgIpc) is 4.05. The molecule has 0 saturated carbocycles. The lowest BCUT2D eigenvalue weighted by molar-refractivity contribution is -0.149. The van der Waals surface area contributed by atoms with E-state index in [0.29, 0.717) is 25.7 Å². The van der Waals surface area contributed by atoms with Crippen LogP contribution in [0.15, 0.2) is 124 Å². The van der Waals surface area contributed by atoms with Gasteiger partial charge in [0.15, 0.2) is 17.1 Å². The first-order valence-corrected chi connectivity index (χ1v) is 26.0. The lowest BCUT2D eigenvalue weighted by Crippen LogP contribution is -2.39. The zero-order valence-electron chi connectivity index (χ0n) is 39.9. The van der Waals surface area contributed by atoms with E-state index >= 15 is 0 Å². The number of rotatable bonds is 22. The minimum atomic E-state index is -1.02. The second kappa shape index (κ2) is 26.2. The number of unbranched alkanes of at least 4 members (excludes halogenated alkanes) is 2. The van der Waals surface area contributed by atoms with Gasteiger partial charge in [-0.05, 0) is 37.8 Å². The quantitative estimate of drug-likeness (QED) is 0.0240. The SMILES string of the molecule is C=C(C)C(=O)OCCNC(=O)Oc1c2c(c(OC(=O)NCCOC(=O)C(=C)C)c3c1SC(=C1C(=O)N(Cc4ccccc4)N(Cc4ccccc4)C1=O)S3)SC(=C(C(=O)OCCCC)C(=O)OCCCC)S2. The van der Waals surface area contributed by atoms with E-state index in [1.54, 1.807) is 0 Å². The molecule has 0 aromatic heterocycles. The molecule has 0 unspecified atom stereocenters. The minimum Gasteiger partial charge on any atom is -0.462 e. The highest BCUT2D eigenvalue weighted by molar-refractivity contribution is 8.26. The molecule has 72 heavy (non-hydrogen) atoms. The van der Waals surface area contributed by atoms with Crippen LogP contribution in [0.25, 0.3) is 0 Å². The van der Waals surface area contributed by atoms with Crippen LogP contribution in [-0.4, -0.2) is 97.4 Å². The Bertz CT molecular complexity index is 2540. The fourth-order valence-corrected chi connectivity index (χ4v) is 12.0. The van der Waals surface area contributed by atoms with E-state index in [1.807, 2.05) is 74.5 Å². The van der Waals surface area contributed by atoms with Gasteiger partial charge in [-0.25, -0.2) is 38.8 Å². The van der Waals surface area contributed by atoms with E-state index < -0.39 is 53.5 Å². The van der Waals surface area contributed by atoms with Crippen molar-refractivity contribution in [2.24, 2.45) is 0 Å². The van der Waals surface area contributed by atoms with E-state index in [2.05, 4.69) is 23.8 Å². The predicted octanol–water partition coefficient (Wildman–Crippen LogP) is 8.59. The van der Waals surface area contributed by atoms with Gasteiger partial charge in [0.05, 0.1) is 67.4 Å². The highest BCUT2D eigenvalue weighted by Crippen LogP contribution is 2.68. The van der Waals surface area contributed by atoms with Gasteiger partial charge in [0.2, 0.25) is 0 Å². The number of nitrogens with zero attached hydrogens (tertiary/aromatic N) is 2. The number of hydrogen-bond acceptors (Lipinski definition) is 18. The number of amides is 4. The summed E-state index contributed by atoms with van der Waals surface area (Å²) in [6.45, 7) is 13.1. The van der Waals surface area contributed by atoms with Crippen LogP contribution in [0.4, 0.5) is 9.59 Å². The summed E-state index contributed by atoms with van der Waals surface area (Å²) in [5, 5.41) is 7.78. The van der Waals surface area contributed by atoms with Gasteiger partial charge in [0.25, 0.3) is 11.8 Å². The molecule has 0 aliphatic carbocycles. The van der Waals surface area contributed by atoms with E-state index in [0.717, 1.165) is 58.2 Å². The molecule has 0 radical (unpaired) electrons. The Kier molecular flexibility index (Phi) is 19.9. The number of thioether (sulfide) groups is 4. The summed E-state index contributed by atoms with van der Waals surface area (Å²) in [4.78, 5) is 109.